The van der Waals surface area contributed by atoms with E-state index in [2.05, 4.69) is 20.9 Å². The number of aliphatic hydroxyl groups is 1. The summed E-state index contributed by atoms with van der Waals surface area (Å²) in [5.41, 5.74) is 16.0. The minimum absolute atomic E-state index is 0.170. The zero-order chi connectivity index (χ0) is 18.6. The fraction of sp³-hybridized carbons (Fsp3) is 0.941. The van der Waals surface area contributed by atoms with Crippen LogP contribution in [-0.4, -0.2) is 69.5 Å². The van der Waals surface area contributed by atoms with Crippen LogP contribution in [0.1, 0.15) is 44.9 Å². The maximum Gasteiger partial charge on any atom is 0.185 e. The van der Waals surface area contributed by atoms with Gasteiger partial charge in [-0.25, -0.2) is 0 Å². The van der Waals surface area contributed by atoms with E-state index in [1.165, 1.54) is 0 Å². The molecule has 0 fully saturated rings. The number of unbranched alkanes of at least 4 members (excludes halogenated alkanes) is 4. The number of hydrogen-bond acceptors (Lipinski definition) is 6. The van der Waals surface area contributed by atoms with Crippen molar-refractivity contribution in [3.63, 3.8) is 0 Å². The second kappa shape index (κ2) is 19.4. The molecule has 10 N–H and O–H groups in total. The van der Waals surface area contributed by atoms with Crippen LogP contribution >= 0.6 is 0 Å². The second-order valence-corrected chi connectivity index (χ2v) is 6.38. The molecule has 0 aliphatic carbocycles. The van der Waals surface area contributed by atoms with Crippen molar-refractivity contribution in [2.45, 2.75) is 51.0 Å². The van der Waals surface area contributed by atoms with Gasteiger partial charge < -0.3 is 38.3 Å². The van der Waals surface area contributed by atoms with Crippen molar-refractivity contribution >= 4 is 5.96 Å². The molecule has 0 rings (SSSR count). The topological polar surface area (TPSA) is 147 Å². The number of rotatable bonds is 19. The Balaban J connectivity index is 3.18. The molecule has 0 aromatic heterocycles. The van der Waals surface area contributed by atoms with Gasteiger partial charge in [-0.1, -0.05) is 12.8 Å². The Morgan fingerprint density at radius 1 is 0.760 bits per heavy atom. The largest absolute Gasteiger partial charge is 0.390 e. The lowest BCUT2D eigenvalue weighted by molar-refractivity contribution is 0.168. The first-order valence-electron chi connectivity index (χ1n) is 9.72. The Kier molecular flexibility index (Phi) is 18.7. The van der Waals surface area contributed by atoms with Crippen molar-refractivity contribution < 1.29 is 5.11 Å². The summed E-state index contributed by atoms with van der Waals surface area (Å²) < 4.78 is 0. The van der Waals surface area contributed by atoms with Gasteiger partial charge in [0.25, 0.3) is 0 Å². The van der Waals surface area contributed by atoms with Gasteiger partial charge in [-0.3, -0.25) is 4.99 Å². The van der Waals surface area contributed by atoms with Gasteiger partial charge in [-0.05, 0) is 64.8 Å². The first kappa shape index (κ1) is 24.1. The molecular formula is C17H41N7O. The normalized spacial score (nSPS) is 12.2. The molecule has 0 aliphatic rings. The third-order valence-corrected chi connectivity index (χ3v) is 3.83. The number of nitrogens with zero attached hydrogens (tertiary/aromatic N) is 1. The van der Waals surface area contributed by atoms with Gasteiger partial charge in [0, 0.05) is 19.6 Å². The number of nitrogens with one attached hydrogen (secondary N) is 3. The fourth-order valence-corrected chi connectivity index (χ4v) is 2.39. The first-order chi connectivity index (χ1) is 12.2. The number of aliphatic imine (C=N–C) groups is 1. The van der Waals surface area contributed by atoms with Crippen LogP contribution in [0.25, 0.3) is 0 Å². The molecule has 1 unspecified atom stereocenters. The molecule has 0 radical (unpaired) electrons. The van der Waals surface area contributed by atoms with Crippen molar-refractivity contribution in [2.75, 3.05) is 52.4 Å². The molecule has 25 heavy (non-hydrogen) atoms. The van der Waals surface area contributed by atoms with Crippen molar-refractivity contribution in [3.8, 4) is 0 Å². The van der Waals surface area contributed by atoms with Gasteiger partial charge in [0.15, 0.2) is 5.96 Å². The van der Waals surface area contributed by atoms with Crippen LogP contribution in [0.2, 0.25) is 0 Å². The lowest BCUT2D eigenvalue weighted by atomic mass is 10.2. The average molecular weight is 360 g/mol. The summed E-state index contributed by atoms with van der Waals surface area (Å²) in [7, 11) is 0. The number of guanidine groups is 1. The summed E-state index contributed by atoms with van der Waals surface area (Å²) in [5, 5.41) is 19.8. The third-order valence-electron chi connectivity index (χ3n) is 3.83. The van der Waals surface area contributed by atoms with E-state index in [0.29, 0.717) is 19.6 Å². The summed E-state index contributed by atoms with van der Waals surface area (Å²) in [6.07, 6.45) is 7.39. The quantitative estimate of drug-likeness (QED) is 0.0896. The Morgan fingerprint density at radius 2 is 1.28 bits per heavy atom. The maximum absolute atomic E-state index is 9.89. The molecule has 0 bridgehead atoms. The zero-order valence-electron chi connectivity index (χ0n) is 15.8. The van der Waals surface area contributed by atoms with Crippen molar-refractivity contribution in [1.82, 2.24) is 16.0 Å². The van der Waals surface area contributed by atoms with Gasteiger partial charge in [0.1, 0.15) is 0 Å². The van der Waals surface area contributed by atoms with Crippen molar-refractivity contribution in [2.24, 2.45) is 22.2 Å². The minimum atomic E-state index is -0.329. The Hall–Kier alpha value is -0.930. The Labute approximate surface area is 153 Å². The summed E-state index contributed by atoms with van der Waals surface area (Å²) in [5.74, 6) is 0.170. The first-order valence-corrected chi connectivity index (χ1v) is 9.72. The van der Waals surface area contributed by atoms with Gasteiger partial charge in [0.2, 0.25) is 0 Å². The predicted octanol–water partition coefficient (Wildman–Crippen LogP) is -0.921. The predicted molar refractivity (Wildman–Crippen MR) is 107 cm³/mol. The van der Waals surface area contributed by atoms with Crippen LogP contribution in [0.3, 0.4) is 0 Å². The summed E-state index contributed by atoms with van der Waals surface area (Å²) >= 11 is 0. The number of hydrogen-bond donors (Lipinski definition) is 7. The highest BCUT2D eigenvalue weighted by Crippen LogP contribution is 1.99. The molecular weight excluding hydrogens is 318 g/mol. The molecule has 1 atom stereocenters. The molecule has 8 heteroatoms. The monoisotopic (exact) mass is 359 g/mol. The lowest BCUT2D eigenvalue weighted by Gasteiger charge is -2.13. The van der Waals surface area contributed by atoms with Gasteiger partial charge in [-0.15, -0.1) is 0 Å². The second-order valence-electron chi connectivity index (χ2n) is 6.38. The third kappa shape index (κ3) is 21.0. The lowest BCUT2D eigenvalue weighted by Crippen LogP contribution is -2.36. The van der Waals surface area contributed by atoms with E-state index in [9.17, 15) is 5.11 Å². The van der Waals surface area contributed by atoms with Crippen molar-refractivity contribution in [3.05, 3.63) is 0 Å². The Bertz CT molecular complexity index is 299. The fourth-order valence-electron chi connectivity index (χ4n) is 2.39. The minimum Gasteiger partial charge on any atom is -0.390 e. The molecule has 0 saturated heterocycles. The maximum atomic E-state index is 9.89. The molecule has 8 nitrogen and oxygen atoms in total. The zero-order valence-corrected chi connectivity index (χ0v) is 15.8. The molecule has 0 saturated carbocycles. The molecule has 0 aliphatic heterocycles. The van der Waals surface area contributed by atoms with Crippen LogP contribution in [0, 0.1) is 0 Å². The van der Waals surface area contributed by atoms with Gasteiger partial charge in [-0.2, -0.15) is 0 Å². The molecule has 150 valence electrons. The van der Waals surface area contributed by atoms with Crippen molar-refractivity contribution in [1.29, 1.82) is 0 Å². The molecule has 0 aromatic carbocycles. The van der Waals surface area contributed by atoms with E-state index >= 15 is 0 Å². The van der Waals surface area contributed by atoms with Crippen LogP contribution in [0.5, 0.6) is 0 Å². The summed E-state index contributed by atoms with van der Waals surface area (Å²) in [4.78, 5) is 3.95. The Morgan fingerprint density at radius 3 is 1.88 bits per heavy atom. The highest BCUT2D eigenvalue weighted by Gasteiger charge is 2.02. The molecule has 0 spiro atoms. The number of aliphatic hydroxyl groups excluding tert-OH is 1. The van der Waals surface area contributed by atoms with Crippen LogP contribution in [0.4, 0.5) is 0 Å². The summed E-state index contributed by atoms with van der Waals surface area (Å²) in [6.45, 7) is 6.68. The SMILES string of the molecule is NCCCNCCCCNCC(O)CNCCCCCCN=C(N)N. The standard InChI is InChI=1S/C17H41N7O/c18-8-7-12-21-9-5-6-11-23-15-16(25)14-22-10-3-1-2-4-13-24-17(19)20/h16,21-23,25H,1-15,18H2,(H4,19,20,24). The van der Waals surface area contributed by atoms with Gasteiger partial charge >= 0.3 is 0 Å². The van der Waals surface area contributed by atoms with E-state index in [4.69, 9.17) is 17.2 Å². The molecule has 0 aromatic rings. The van der Waals surface area contributed by atoms with E-state index in [1.54, 1.807) is 0 Å². The smallest absolute Gasteiger partial charge is 0.185 e. The van der Waals surface area contributed by atoms with Crippen LogP contribution in [-0.2, 0) is 0 Å². The highest BCUT2D eigenvalue weighted by molar-refractivity contribution is 5.75. The van der Waals surface area contributed by atoms with E-state index in [0.717, 1.165) is 77.7 Å². The van der Waals surface area contributed by atoms with Crippen LogP contribution < -0.4 is 33.2 Å². The number of nitrogens with two attached hydrogens (primary N) is 3. The molecule has 0 amide bonds. The van der Waals surface area contributed by atoms with E-state index in [-0.39, 0.29) is 12.1 Å². The van der Waals surface area contributed by atoms with Crippen LogP contribution in [0.15, 0.2) is 4.99 Å². The highest BCUT2D eigenvalue weighted by atomic mass is 16.3. The average Bonchev–Trinajstić information content (AvgIpc) is 2.58. The summed E-state index contributed by atoms with van der Waals surface area (Å²) in [6, 6.07) is 0. The van der Waals surface area contributed by atoms with Gasteiger partial charge in [0.05, 0.1) is 6.10 Å². The molecule has 0 heterocycles. The van der Waals surface area contributed by atoms with E-state index < -0.39 is 0 Å². The van der Waals surface area contributed by atoms with E-state index in [1.807, 2.05) is 0 Å².